The lowest BCUT2D eigenvalue weighted by Gasteiger charge is -2.03. The average Bonchev–Trinajstić information content (AvgIpc) is 2.27. The minimum absolute atomic E-state index is 1.14. The summed E-state index contributed by atoms with van der Waals surface area (Å²) in [7, 11) is 1.93. The van der Waals surface area contributed by atoms with Crippen molar-refractivity contribution in [1.82, 2.24) is 0 Å². The van der Waals surface area contributed by atoms with Crippen molar-refractivity contribution in [3.05, 3.63) is 48.5 Å². The van der Waals surface area contributed by atoms with Crippen molar-refractivity contribution >= 4 is 22.5 Å². The summed E-state index contributed by atoms with van der Waals surface area (Å²) in [4.78, 5) is 0. The van der Waals surface area contributed by atoms with Gasteiger partial charge in [-0.25, -0.2) is 0 Å². The van der Waals surface area contributed by atoms with Gasteiger partial charge in [-0.3, -0.25) is 0 Å². The molecule has 0 unspecified atom stereocenters. The molecule has 2 aromatic carbocycles. The van der Waals surface area contributed by atoms with E-state index in [4.69, 9.17) is 0 Å². The fourth-order valence-electron chi connectivity index (χ4n) is 1.55. The fraction of sp³-hybridized carbons (Fsp3) is 0.0769. The zero-order valence-electron chi connectivity index (χ0n) is 8.25. The minimum Gasteiger partial charge on any atom is -0.388 e. The van der Waals surface area contributed by atoms with E-state index in [1.54, 1.807) is 0 Å². The van der Waals surface area contributed by atoms with Crippen molar-refractivity contribution in [3.63, 3.8) is 0 Å². The maximum absolute atomic E-state index is 3.76. The summed E-state index contributed by atoms with van der Waals surface area (Å²) < 4.78 is 0. The Labute approximate surface area is 84.1 Å². The van der Waals surface area contributed by atoms with Gasteiger partial charge in [0.2, 0.25) is 0 Å². The van der Waals surface area contributed by atoms with Gasteiger partial charge in [0.25, 0.3) is 0 Å². The summed E-state index contributed by atoms with van der Waals surface area (Å²) in [5.74, 6) is 0. The third kappa shape index (κ3) is 1.49. The summed E-state index contributed by atoms with van der Waals surface area (Å²) in [6.45, 7) is 3.76. The first-order valence-electron chi connectivity index (χ1n) is 4.67. The van der Waals surface area contributed by atoms with E-state index in [-0.39, 0.29) is 0 Å². The van der Waals surface area contributed by atoms with Crippen LogP contribution in [0, 0.1) is 0 Å². The number of nitrogens with one attached hydrogen (secondary N) is 1. The van der Waals surface area contributed by atoms with Gasteiger partial charge in [0.15, 0.2) is 0 Å². The Bertz CT molecular complexity index is 472. The molecule has 0 spiro atoms. The molecule has 0 saturated heterocycles. The van der Waals surface area contributed by atoms with Crippen LogP contribution in [-0.4, -0.2) is 7.05 Å². The zero-order valence-corrected chi connectivity index (χ0v) is 8.25. The van der Waals surface area contributed by atoms with E-state index < -0.39 is 0 Å². The largest absolute Gasteiger partial charge is 0.388 e. The standard InChI is InChI=1S/C13H13N/c1-3-10-4-5-12-9-13(14-2)7-6-11(12)8-10/h3-9,14H,1H2,2H3. The van der Waals surface area contributed by atoms with Crippen molar-refractivity contribution < 1.29 is 0 Å². The minimum atomic E-state index is 1.14. The van der Waals surface area contributed by atoms with Crippen molar-refractivity contribution in [2.45, 2.75) is 0 Å². The van der Waals surface area contributed by atoms with Crippen LogP contribution >= 0.6 is 0 Å². The molecular weight excluding hydrogens is 170 g/mol. The van der Waals surface area contributed by atoms with E-state index >= 15 is 0 Å². The van der Waals surface area contributed by atoms with Gasteiger partial charge >= 0.3 is 0 Å². The number of hydrogen-bond donors (Lipinski definition) is 1. The molecule has 14 heavy (non-hydrogen) atoms. The molecule has 0 aromatic heterocycles. The molecule has 0 aliphatic heterocycles. The molecule has 1 N–H and O–H groups in total. The first-order valence-corrected chi connectivity index (χ1v) is 4.67. The van der Waals surface area contributed by atoms with Crippen molar-refractivity contribution in [2.24, 2.45) is 0 Å². The highest BCUT2D eigenvalue weighted by atomic mass is 14.8. The Morgan fingerprint density at radius 3 is 2.50 bits per heavy atom. The quantitative estimate of drug-likeness (QED) is 0.751. The molecule has 0 fully saturated rings. The highest BCUT2D eigenvalue weighted by molar-refractivity contribution is 5.87. The second-order valence-electron chi connectivity index (χ2n) is 3.28. The maximum atomic E-state index is 3.76. The normalized spacial score (nSPS) is 10.1. The van der Waals surface area contributed by atoms with Crippen LogP contribution in [0.1, 0.15) is 5.56 Å². The van der Waals surface area contributed by atoms with Gasteiger partial charge in [-0.2, -0.15) is 0 Å². The van der Waals surface area contributed by atoms with Crippen molar-refractivity contribution in [1.29, 1.82) is 0 Å². The van der Waals surface area contributed by atoms with Crippen LogP contribution in [0.25, 0.3) is 16.8 Å². The average molecular weight is 183 g/mol. The Kier molecular flexibility index (Phi) is 2.23. The molecule has 2 aromatic rings. The number of fused-ring (bicyclic) bond motifs is 1. The lowest BCUT2D eigenvalue weighted by atomic mass is 10.1. The molecule has 0 heterocycles. The lowest BCUT2D eigenvalue weighted by Crippen LogP contribution is -1.86. The number of rotatable bonds is 2. The van der Waals surface area contributed by atoms with Gasteiger partial charge in [-0.1, -0.05) is 30.9 Å². The molecule has 0 saturated carbocycles. The summed E-state index contributed by atoms with van der Waals surface area (Å²) >= 11 is 0. The first-order chi connectivity index (χ1) is 6.83. The molecule has 0 atom stereocenters. The zero-order chi connectivity index (χ0) is 9.97. The van der Waals surface area contributed by atoms with E-state index in [1.165, 1.54) is 10.8 Å². The number of benzene rings is 2. The van der Waals surface area contributed by atoms with Crippen molar-refractivity contribution in [2.75, 3.05) is 12.4 Å². The molecular formula is C13H13N. The van der Waals surface area contributed by atoms with E-state index in [0.717, 1.165) is 11.3 Å². The highest BCUT2D eigenvalue weighted by Gasteiger charge is 1.95. The van der Waals surface area contributed by atoms with E-state index in [0.29, 0.717) is 0 Å². The maximum Gasteiger partial charge on any atom is 0.0343 e. The fourth-order valence-corrected chi connectivity index (χ4v) is 1.55. The van der Waals surface area contributed by atoms with E-state index in [2.05, 4.69) is 48.3 Å². The molecule has 0 amide bonds. The van der Waals surface area contributed by atoms with Gasteiger partial charge in [-0.15, -0.1) is 0 Å². The Balaban J connectivity index is 2.63. The molecule has 0 radical (unpaired) electrons. The summed E-state index contributed by atoms with van der Waals surface area (Å²) in [6, 6.07) is 12.7. The number of anilines is 1. The van der Waals surface area contributed by atoms with Crippen LogP contribution in [-0.2, 0) is 0 Å². The summed E-state index contributed by atoms with van der Waals surface area (Å²) in [5.41, 5.74) is 2.30. The molecule has 0 bridgehead atoms. The van der Waals surface area contributed by atoms with Crippen LogP contribution in [0.5, 0.6) is 0 Å². The lowest BCUT2D eigenvalue weighted by molar-refractivity contribution is 1.53. The Morgan fingerprint density at radius 1 is 1.07 bits per heavy atom. The van der Waals surface area contributed by atoms with Crippen LogP contribution in [0.4, 0.5) is 5.69 Å². The second-order valence-corrected chi connectivity index (χ2v) is 3.28. The topological polar surface area (TPSA) is 12.0 Å². The highest BCUT2D eigenvalue weighted by Crippen LogP contribution is 2.20. The van der Waals surface area contributed by atoms with Gasteiger partial charge in [0, 0.05) is 12.7 Å². The Morgan fingerprint density at radius 2 is 1.79 bits per heavy atom. The van der Waals surface area contributed by atoms with Crippen molar-refractivity contribution in [3.8, 4) is 0 Å². The smallest absolute Gasteiger partial charge is 0.0343 e. The van der Waals surface area contributed by atoms with Crippen LogP contribution in [0.3, 0.4) is 0 Å². The van der Waals surface area contributed by atoms with Gasteiger partial charge < -0.3 is 5.32 Å². The van der Waals surface area contributed by atoms with E-state index in [9.17, 15) is 0 Å². The summed E-state index contributed by atoms with van der Waals surface area (Å²) in [6.07, 6.45) is 1.87. The molecule has 1 heteroatoms. The van der Waals surface area contributed by atoms with Crippen LogP contribution < -0.4 is 5.32 Å². The molecule has 0 aliphatic rings. The van der Waals surface area contributed by atoms with E-state index in [1.807, 2.05) is 13.1 Å². The molecule has 1 nitrogen and oxygen atoms in total. The predicted octanol–water partition coefficient (Wildman–Crippen LogP) is 3.52. The third-order valence-corrected chi connectivity index (χ3v) is 2.39. The van der Waals surface area contributed by atoms with Gasteiger partial charge in [0.05, 0.1) is 0 Å². The monoisotopic (exact) mass is 183 g/mol. The second kappa shape index (κ2) is 3.54. The number of hydrogen-bond acceptors (Lipinski definition) is 1. The van der Waals surface area contributed by atoms with Gasteiger partial charge in [0.1, 0.15) is 0 Å². The first kappa shape index (κ1) is 8.82. The third-order valence-electron chi connectivity index (χ3n) is 2.39. The Hall–Kier alpha value is -1.76. The molecule has 2 rings (SSSR count). The van der Waals surface area contributed by atoms with Crippen LogP contribution in [0.2, 0.25) is 0 Å². The van der Waals surface area contributed by atoms with Gasteiger partial charge in [-0.05, 0) is 34.5 Å². The van der Waals surface area contributed by atoms with Crippen LogP contribution in [0.15, 0.2) is 43.0 Å². The summed E-state index contributed by atoms with van der Waals surface area (Å²) in [5, 5.41) is 5.63. The predicted molar refractivity (Wildman–Crippen MR) is 63.6 cm³/mol. The molecule has 0 aliphatic carbocycles. The molecule has 70 valence electrons. The SMILES string of the molecule is C=Cc1ccc2cc(NC)ccc2c1.